The van der Waals surface area contributed by atoms with Gasteiger partial charge in [0.15, 0.2) is 17.1 Å². The number of phenols is 1. The van der Waals surface area contributed by atoms with Crippen LogP contribution in [0.4, 0.5) is 10.1 Å². The van der Waals surface area contributed by atoms with Gasteiger partial charge in [-0.05, 0) is 32.9 Å². The molecule has 1 saturated carbocycles. The summed E-state index contributed by atoms with van der Waals surface area (Å²) >= 11 is 0. The summed E-state index contributed by atoms with van der Waals surface area (Å²) in [7, 11) is 0.243. The van der Waals surface area contributed by atoms with Gasteiger partial charge in [0.05, 0.1) is 23.0 Å². The monoisotopic (exact) mass is 669 g/mol. The number of anilines is 1. The molecule has 1 radical (unpaired) electrons. The van der Waals surface area contributed by atoms with Crippen molar-refractivity contribution in [2.24, 2.45) is 17.6 Å². The molecule has 0 spiro atoms. The van der Waals surface area contributed by atoms with Gasteiger partial charge in [0.25, 0.3) is 5.91 Å². The minimum absolute atomic E-state index is 0. The van der Waals surface area contributed by atoms with Crippen LogP contribution in [0, 0.1) is 17.7 Å². The zero-order chi connectivity index (χ0) is 29.2. The number of sulfonamides is 1. The third-order valence-corrected chi connectivity index (χ3v) is 8.77. The van der Waals surface area contributed by atoms with Crippen LogP contribution < -0.4 is 10.5 Å². The Morgan fingerprint density at radius 3 is 2.45 bits per heavy atom. The van der Waals surface area contributed by atoms with Crippen LogP contribution in [0.15, 0.2) is 23.0 Å². The van der Waals surface area contributed by atoms with E-state index in [1.54, 1.807) is 0 Å². The molecule has 7 N–H and O–H groups in total. The van der Waals surface area contributed by atoms with Gasteiger partial charge in [0.1, 0.15) is 22.9 Å². The van der Waals surface area contributed by atoms with Crippen LogP contribution in [0.1, 0.15) is 17.5 Å². The molecule has 4 rings (SSSR count). The first-order valence-electron chi connectivity index (χ1n) is 11.8. The van der Waals surface area contributed by atoms with E-state index in [1.165, 1.54) is 26.0 Å². The molecule has 1 aromatic rings. The summed E-state index contributed by atoms with van der Waals surface area (Å²) in [5.41, 5.74) is -0.390. The Labute approximate surface area is 241 Å². The van der Waals surface area contributed by atoms with E-state index in [2.05, 4.69) is 5.32 Å². The first-order valence-corrected chi connectivity index (χ1v) is 13.5. The number of ketones is 2. The van der Waals surface area contributed by atoms with Crippen LogP contribution in [-0.2, 0) is 50.3 Å². The number of aliphatic hydroxyl groups excluding tert-OH is 2. The maximum atomic E-state index is 15.3. The number of hydrogen-bond donors (Lipinski definition) is 6. The Morgan fingerprint density at radius 2 is 1.90 bits per heavy atom. The second kappa shape index (κ2) is 10.8. The van der Waals surface area contributed by atoms with Crippen LogP contribution in [0.5, 0.6) is 5.75 Å². The number of nitrogens with zero attached hydrogens (tertiary/aromatic N) is 2. The predicted molar refractivity (Wildman–Crippen MR) is 136 cm³/mol. The van der Waals surface area contributed by atoms with Crippen molar-refractivity contribution in [1.29, 1.82) is 0 Å². The fourth-order valence-corrected chi connectivity index (χ4v) is 6.79. The molecule has 0 unspecified atom stereocenters. The standard InChI is InChI=1S/C24H28FN4O9S.Ru/c1-27-4-5-39(37,38)28-13-8-12(25)10-6-9-7-11-17(29(2)3)20(32)16(23(26)35)22(34)24(11,36)21(33)14(9)19(31)15(10)18(13)30;/h8-9,11,17,28,30-31,34,36H,4-7H2,1-3H3,(H2,26,35);/q-1;+1/t9-,11-,17-,24-;/m0./s1. The van der Waals surface area contributed by atoms with E-state index in [1.807, 2.05) is 4.72 Å². The van der Waals surface area contributed by atoms with Gasteiger partial charge in [-0.25, -0.2) is 12.8 Å². The summed E-state index contributed by atoms with van der Waals surface area (Å²) in [5.74, 6) is -10.3. The zero-order valence-corrected chi connectivity index (χ0v) is 24.1. The molecular formula is C24H28FN4O9RuS. The predicted octanol–water partition coefficient (Wildman–Crippen LogP) is -0.154. The van der Waals surface area contributed by atoms with Gasteiger partial charge >= 0.3 is 19.5 Å². The Hall–Kier alpha value is -2.91. The number of primary amides is 1. The number of halogens is 1. The molecule has 0 heterocycles. The number of likely N-dealkylation sites (N-methyl/N-ethyl adjacent to an activating group) is 1. The van der Waals surface area contributed by atoms with Crippen molar-refractivity contribution < 1.29 is 67.1 Å². The Morgan fingerprint density at radius 1 is 1.27 bits per heavy atom. The quantitative estimate of drug-likeness (QED) is 0.128. The molecule has 13 nitrogen and oxygen atoms in total. The average molecular weight is 669 g/mol. The number of rotatable bonds is 7. The van der Waals surface area contributed by atoms with Crippen LogP contribution in [0.2, 0.25) is 0 Å². The first-order chi connectivity index (χ1) is 18.1. The molecule has 3 aliphatic rings. The van der Waals surface area contributed by atoms with Gasteiger partial charge in [-0.15, -0.1) is 6.54 Å². The number of nitrogens with one attached hydrogen (secondary N) is 1. The van der Waals surface area contributed by atoms with Gasteiger partial charge < -0.3 is 31.5 Å². The summed E-state index contributed by atoms with van der Waals surface area (Å²) in [6, 6.07) is -0.526. The second-order valence-electron chi connectivity index (χ2n) is 10.0. The molecule has 1 fully saturated rings. The SMILES string of the molecule is C[N-]CCS(=O)(=O)Nc1cc(F)c2c(c1O)C(O)=C1C(=O)[C@]3(O)C(O)=C(C(N)=O)C(=O)[C@@H](N(C)C)[C@@H]3C[C@@H]1C2.[Ru+]. The molecule has 0 bridgehead atoms. The average Bonchev–Trinajstić information content (AvgIpc) is 2.82. The molecule has 0 aromatic heterocycles. The van der Waals surface area contributed by atoms with Crippen molar-refractivity contribution in [3.63, 3.8) is 0 Å². The molecule has 40 heavy (non-hydrogen) atoms. The minimum atomic E-state index is -4.08. The van der Waals surface area contributed by atoms with E-state index in [0.717, 1.165) is 6.07 Å². The first kappa shape index (κ1) is 31.6. The topological polar surface area (TPSA) is 222 Å². The van der Waals surface area contributed by atoms with Crippen molar-refractivity contribution in [3.8, 4) is 5.75 Å². The number of amides is 1. The summed E-state index contributed by atoms with van der Waals surface area (Å²) in [6.07, 6.45) is -0.476. The second-order valence-corrected chi connectivity index (χ2v) is 11.9. The molecule has 4 atom stereocenters. The number of carbonyl (C=O) groups is 3. The van der Waals surface area contributed by atoms with Gasteiger partial charge in [0, 0.05) is 23.1 Å². The fraction of sp³-hybridized carbons (Fsp3) is 0.458. The van der Waals surface area contributed by atoms with Crippen molar-refractivity contribution in [2.45, 2.75) is 24.5 Å². The van der Waals surface area contributed by atoms with Crippen LogP contribution >= 0.6 is 0 Å². The molecule has 0 aliphatic heterocycles. The summed E-state index contributed by atoms with van der Waals surface area (Å²) in [4.78, 5) is 40.2. The molecule has 1 amide bonds. The third-order valence-electron chi connectivity index (χ3n) is 7.52. The van der Waals surface area contributed by atoms with Crippen LogP contribution in [-0.4, -0.2) is 96.3 Å². The van der Waals surface area contributed by atoms with Gasteiger partial charge in [-0.3, -0.25) is 24.0 Å². The maximum absolute atomic E-state index is 15.3. The summed E-state index contributed by atoms with van der Waals surface area (Å²) in [6.45, 7) is -0.0739. The van der Waals surface area contributed by atoms with Crippen molar-refractivity contribution in [1.82, 2.24) is 4.90 Å². The van der Waals surface area contributed by atoms with Gasteiger partial charge in [-0.1, -0.05) is 0 Å². The van der Waals surface area contributed by atoms with Crippen molar-refractivity contribution in [2.75, 3.05) is 38.2 Å². The Bertz CT molecular complexity index is 1480. The molecule has 3 aliphatic carbocycles. The van der Waals surface area contributed by atoms with Gasteiger partial charge in [0.2, 0.25) is 15.8 Å². The van der Waals surface area contributed by atoms with E-state index in [4.69, 9.17) is 5.73 Å². The maximum Gasteiger partial charge on any atom is 1.00 e. The molecule has 1 aromatic carbocycles. The molecule has 219 valence electrons. The number of nitrogens with two attached hydrogens (primary N) is 1. The van der Waals surface area contributed by atoms with Crippen LogP contribution in [0.25, 0.3) is 11.1 Å². The molecule has 16 heteroatoms. The minimum Gasteiger partial charge on any atom is -0.664 e. The Balaban J connectivity index is 0.00000441. The van der Waals surface area contributed by atoms with Crippen molar-refractivity contribution in [3.05, 3.63) is 45.2 Å². The summed E-state index contributed by atoms with van der Waals surface area (Å²) in [5, 5.41) is 48.1. The normalized spacial score (nSPS) is 26.2. The number of hydrogen-bond acceptors (Lipinski definition) is 10. The number of fused-ring (bicyclic) bond motifs is 3. The number of Topliss-reactive ketones (excluding diaryl/α,β-unsaturated/α-hetero) is 2. The third kappa shape index (κ3) is 4.71. The van der Waals surface area contributed by atoms with Gasteiger partial charge in [-0.2, -0.15) is 7.05 Å². The van der Waals surface area contributed by atoms with E-state index in [9.17, 15) is 43.2 Å². The van der Waals surface area contributed by atoms with Crippen molar-refractivity contribution >= 4 is 38.9 Å². The molecule has 0 saturated heterocycles. The molecular weight excluding hydrogens is 640 g/mol. The smallest absolute Gasteiger partial charge is 0.664 e. The van der Waals surface area contributed by atoms with Crippen LogP contribution in [0.3, 0.4) is 0 Å². The van der Waals surface area contributed by atoms with E-state index < -0.39 is 102 Å². The number of benzene rings is 1. The number of carbonyl (C=O) groups excluding carboxylic acids is 3. The largest absolute Gasteiger partial charge is 1.00 e. The zero-order valence-electron chi connectivity index (χ0n) is 21.6. The Kier molecular flexibility index (Phi) is 8.55. The number of aliphatic hydroxyl groups is 3. The van der Waals surface area contributed by atoms with E-state index in [0.29, 0.717) is 0 Å². The number of phenolic OH excluding ortho intramolecular Hbond substituents is 1. The fourth-order valence-electron chi connectivity index (χ4n) is 5.77. The van der Waals surface area contributed by atoms with E-state index >= 15 is 4.39 Å². The van der Waals surface area contributed by atoms with E-state index in [-0.39, 0.29) is 44.4 Å². The number of aromatic hydroxyl groups is 1. The summed E-state index contributed by atoms with van der Waals surface area (Å²) < 4.78 is 41.9.